The normalized spacial score (nSPS) is 18.6. The number of halogens is 1. The van der Waals surface area contributed by atoms with Crippen LogP contribution in [-0.4, -0.2) is 34.2 Å². The first-order valence-electron chi connectivity index (χ1n) is 11.9. The molecule has 2 aliphatic rings. The Morgan fingerprint density at radius 1 is 1.12 bits per heavy atom. The highest BCUT2D eigenvalue weighted by atomic mass is 32.2. The molecule has 2 fully saturated rings. The first-order chi connectivity index (χ1) is 16.6. The van der Waals surface area contributed by atoms with E-state index in [1.54, 1.807) is 34.9 Å². The Balaban J connectivity index is 1.46. The summed E-state index contributed by atoms with van der Waals surface area (Å²) in [5.41, 5.74) is 1.82. The van der Waals surface area contributed by atoms with Gasteiger partial charge in [0, 0.05) is 24.0 Å². The van der Waals surface area contributed by atoms with E-state index in [4.69, 9.17) is 9.72 Å². The van der Waals surface area contributed by atoms with Gasteiger partial charge < -0.3 is 10.1 Å². The van der Waals surface area contributed by atoms with Crippen LogP contribution in [0.1, 0.15) is 54.4 Å². The zero-order chi connectivity index (χ0) is 23.5. The summed E-state index contributed by atoms with van der Waals surface area (Å²) in [6, 6.07) is 11.7. The average Bonchev–Trinajstić information content (AvgIpc) is 3.55. The van der Waals surface area contributed by atoms with Gasteiger partial charge in [-0.05, 0) is 61.6 Å². The Morgan fingerprint density at radius 3 is 2.65 bits per heavy atom. The number of rotatable bonds is 7. The number of carbonyl (C=O) groups is 1. The van der Waals surface area contributed by atoms with E-state index in [1.165, 1.54) is 23.9 Å². The van der Waals surface area contributed by atoms with Crippen molar-refractivity contribution in [2.45, 2.75) is 68.1 Å². The maximum atomic E-state index is 13.5. The van der Waals surface area contributed by atoms with Crippen LogP contribution in [0.25, 0.3) is 10.9 Å². The second-order valence-electron chi connectivity index (χ2n) is 9.05. The number of hydrogen-bond acceptors (Lipinski definition) is 5. The first-order valence-corrected chi connectivity index (χ1v) is 12.9. The van der Waals surface area contributed by atoms with Gasteiger partial charge in [-0.15, -0.1) is 0 Å². The van der Waals surface area contributed by atoms with Crippen molar-refractivity contribution in [3.05, 3.63) is 69.8 Å². The van der Waals surface area contributed by atoms with E-state index in [0.717, 1.165) is 44.1 Å². The molecule has 2 aromatic carbocycles. The highest BCUT2D eigenvalue weighted by molar-refractivity contribution is 7.98. The molecule has 0 spiro atoms. The third-order valence-corrected chi connectivity index (χ3v) is 7.61. The number of thioether (sulfide) groups is 1. The topological polar surface area (TPSA) is 73.2 Å². The molecular formula is C26H28FN3O3S. The number of benzene rings is 2. The Kier molecular flexibility index (Phi) is 6.97. The number of nitrogens with one attached hydrogen (secondary N) is 1. The summed E-state index contributed by atoms with van der Waals surface area (Å²) in [6.45, 7) is 1.15. The van der Waals surface area contributed by atoms with Crippen molar-refractivity contribution < 1.29 is 13.9 Å². The molecule has 0 radical (unpaired) electrons. The molecule has 1 saturated carbocycles. The number of hydrogen-bond donors (Lipinski definition) is 1. The minimum Gasteiger partial charge on any atom is -0.376 e. The lowest BCUT2D eigenvalue weighted by molar-refractivity contribution is 0.0935. The van der Waals surface area contributed by atoms with E-state index in [1.807, 2.05) is 0 Å². The number of carbonyl (C=O) groups excluding carboxylic acids is 1. The van der Waals surface area contributed by atoms with Crippen LogP contribution >= 0.6 is 11.8 Å². The number of amides is 1. The fourth-order valence-corrected chi connectivity index (χ4v) is 5.64. The van der Waals surface area contributed by atoms with Crippen molar-refractivity contribution in [3.63, 3.8) is 0 Å². The number of ether oxygens (including phenoxy) is 1. The molecule has 2 heterocycles. The van der Waals surface area contributed by atoms with Crippen molar-refractivity contribution >= 4 is 28.6 Å². The van der Waals surface area contributed by atoms with Crippen LogP contribution in [0.4, 0.5) is 4.39 Å². The van der Waals surface area contributed by atoms with Crippen molar-refractivity contribution in [1.29, 1.82) is 0 Å². The molecule has 178 valence electrons. The van der Waals surface area contributed by atoms with Crippen LogP contribution in [-0.2, 0) is 17.0 Å². The molecule has 1 atom stereocenters. The Labute approximate surface area is 201 Å². The predicted molar refractivity (Wildman–Crippen MR) is 131 cm³/mol. The molecular weight excluding hydrogens is 453 g/mol. The fourth-order valence-electron chi connectivity index (χ4n) is 4.67. The summed E-state index contributed by atoms with van der Waals surface area (Å²) in [5, 5.41) is 4.16. The van der Waals surface area contributed by atoms with Crippen molar-refractivity contribution in [2.75, 3.05) is 6.61 Å². The van der Waals surface area contributed by atoms with E-state index in [9.17, 15) is 14.0 Å². The lowest BCUT2D eigenvalue weighted by atomic mass is 10.1. The Hall–Kier alpha value is -2.71. The molecule has 1 aliphatic heterocycles. The van der Waals surface area contributed by atoms with Crippen LogP contribution in [0.15, 0.2) is 52.4 Å². The first kappa shape index (κ1) is 23.1. The molecule has 0 bridgehead atoms. The molecule has 1 aliphatic carbocycles. The number of aromatic nitrogens is 2. The second kappa shape index (κ2) is 10.3. The van der Waals surface area contributed by atoms with Crippen LogP contribution in [0.5, 0.6) is 0 Å². The third kappa shape index (κ3) is 5.18. The van der Waals surface area contributed by atoms with Crippen molar-refractivity contribution in [3.8, 4) is 0 Å². The molecule has 3 aromatic rings. The molecule has 1 unspecified atom stereocenters. The summed E-state index contributed by atoms with van der Waals surface area (Å²) >= 11 is 1.43. The standard InChI is InChI=1S/C26H28FN3O3S/c27-19-10-7-17(8-11-19)16-34-26-29-23-14-18(24(31)28-20-4-1-2-5-20)9-12-22(23)25(32)30(26)15-21-6-3-13-33-21/h7-12,14,20-21H,1-6,13,15-16H2,(H,28,31). The number of fused-ring (bicyclic) bond motifs is 1. The van der Waals surface area contributed by atoms with E-state index >= 15 is 0 Å². The highest BCUT2D eigenvalue weighted by Gasteiger charge is 2.22. The molecule has 1 aromatic heterocycles. The molecule has 34 heavy (non-hydrogen) atoms. The zero-order valence-corrected chi connectivity index (χ0v) is 19.8. The van der Waals surface area contributed by atoms with Gasteiger partial charge in [0.1, 0.15) is 5.82 Å². The van der Waals surface area contributed by atoms with Gasteiger partial charge >= 0.3 is 0 Å². The third-order valence-electron chi connectivity index (χ3n) is 6.56. The van der Waals surface area contributed by atoms with E-state index in [2.05, 4.69) is 5.32 Å². The monoisotopic (exact) mass is 481 g/mol. The lowest BCUT2D eigenvalue weighted by Gasteiger charge is -2.17. The van der Waals surface area contributed by atoms with Crippen LogP contribution in [0.3, 0.4) is 0 Å². The highest BCUT2D eigenvalue weighted by Crippen LogP contribution is 2.25. The fraction of sp³-hybridized carbons (Fsp3) is 0.423. The molecule has 1 saturated heterocycles. The van der Waals surface area contributed by atoms with E-state index in [-0.39, 0.29) is 29.4 Å². The molecule has 1 N–H and O–H groups in total. The molecule has 1 amide bonds. The summed E-state index contributed by atoms with van der Waals surface area (Å²) in [4.78, 5) is 31.0. The molecule has 5 rings (SSSR count). The van der Waals surface area contributed by atoms with E-state index in [0.29, 0.717) is 40.5 Å². The van der Waals surface area contributed by atoms with E-state index < -0.39 is 0 Å². The maximum Gasteiger partial charge on any atom is 0.262 e. The summed E-state index contributed by atoms with van der Waals surface area (Å²) in [6.07, 6.45) is 6.18. The smallest absolute Gasteiger partial charge is 0.262 e. The SMILES string of the molecule is O=C(NC1CCCC1)c1ccc2c(=O)n(CC3CCCO3)c(SCc3ccc(F)cc3)nc2c1. The summed E-state index contributed by atoms with van der Waals surface area (Å²) < 4.78 is 20.8. The van der Waals surface area contributed by atoms with Gasteiger partial charge in [0.25, 0.3) is 11.5 Å². The van der Waals surface area contributed by atoms with Crippen LogP contribution in [0, 0.1) is 5.82 Å². The van der Waals surface area contributed by atoms with Gasteiger partial charge in [0.2, 0.25) is 0 Å². The lowest BCUT2D eigenvalue weighted by Crippen LogP contribution is -2.32. The van der Waals surface area contributed by atoms with Gasteiger partial charge in [0.15, 0.2) is 5.16 Å². The van der Waals surface area contributed by atoms with Gasteiger partial charge in [-0.3, -0.25) is 14.2 Å². The van der Waals surface area contributed by atoms with Crippen molar-refractivity contribution in [2.24, 2.45) is 0 Å². The van der Waals surface area contributed by atoms with Gasteiger partial charge in [-0.2, -0.15) is 0 Å². The molecule has 6 nitrogen and oxygen atoms in total. The quantitative estimate of drug-likeness (QED) is 0.392. The van der Waals surface area contributed by atoms with Gasteiger partial charge in [-0.25, -0.2) is 9.37 Å². The zero-order valence-electron chi connectivity index (χ0n) is 19.0. The Morgan fingerprint density at radius 2 is 1.91 bits per heavy atom. The second-order valence-corrected chi connectivity index (χ2v) is 9.99. The predicted octanol–water partition coefficient (Wildman–Crippen LogP) is 4.68. The van der Waals surface area contributed by atoms with Gasteiger partial charge in [-0.1, -0.05) is 36.7 Å². The summed E-state index contributed by atoms with van der Waals surface area (Å²) in [5.74, 6) is 0.141. The van der Waals surface area contributed by atoms with Crippen LogP contribution < -0.4 is 10.9 Å². The minimum absolute atomic E-state index is 0.0152. The van der Waals surface area contributed by atoms with Crippen LogP contribution in [0.2, 0.25) is 0 Å². The maximum absolute atomic E-state index is 13.5. The van der Waals surface area contributed by atoms with Crippen molar-refractivity contribution in [1.82, 2.24) is 14.9 Å². The van der Waals surface area contributed by atoms with Gasteiger partial charge in [0.05, 0.1) is 23.6 Å². The molecule has 8 heteroatoms. The minimum atomic E-state index is -0.281. The number of nitrogens with zero attached hydrogens (tertiary/aromatic N) is 2. The average molecular weight is 482 g/mol. The Bertz CT molecular complexity index is 1230. The summed E-state index contributed by atoms with van der Waals surface area (Å²) in [7, 11) is 0. The largest absolute Gasteiger partial charge is 0.376 e.